The molecule has 1 aliphatic rings. The number of ether oxygens (including phenoxy) is 2. The first-order valence-electron chi connectivity index (χ1n) is 9.25. The van der Waals surface area contributed by atoms with Gasteiger partial charge in [-0.1, -0.05) is 0 Å². The van der Waals surface area contributed by atoms with Gasteiger partial charge in [-0.15, -0.1) is 0 Å². The second-order valence-electron chi connectivity index (χ2n) is 6.85. The molecule has 2 amide bonds. The lowest BCUT2D eigenvalue weighted by Crippen LogP contribution is -2.41. The van der Waals surface area contributed by atoms with Crippen molar-refractivity contribution in [3.05, 3.63) is 47.8 Å². The molecule has 1 N–H and O–H groups in total. The average Bonchev–Trinajstić information content (AvgIpc) is 2.74. The van der Waals surface area contributed by atoms with E-state index >= 15 is 0 Å². The Morgan fingerprint density at radius 1 is 1.11 bits per heavy atom. The predicted octanol–water partition coefficient (Wildman–Crippen LogP) is 2.90. The highest BCUT2D eigenvalue weighted by Gasteiger charge is 2.28. The number of nitrogens with zero attached hydrogens (tertiary/aromatic N) is 2. The van der Waals surface area contributed by atoms with Crippen LogP contribution in [0.15, 0.2) is 36.7 Å². The van der Waals surface area contributed by atoms with Crippen molar-refractivity contribution < 1.29 is 19.1 Å². The third kappa shape index (κ3) is 4.42. The van der Waals surface area contributed by atoms with Crippen LogP contribution in [-0.4, -0.2) is 49.0 Å². The zero-order valence-corrected chi connectivity index (χ0v) is 16.4. The minimum Gasteiger partial charge on any atom is -0.497 e. The summed E-state index contributed by atoms with van der Waals surface area (Å²) in [5, 5.41) is 2.95. The molecule has 1 saturated heterocycles. The lowest BCUT2D eigenvalue weighted by Gasteiger charge is -2.31. The molecule has 3 rings (SSSR count). The molecule has 0 atom stereocenters. The number of piperidine rings is 1. The minimum absolute atomic E-state index is 0.0220. The Morgan fingerprint density at radius 2 is 1.75 bits per heavy atom. The second-order valence-corrected chi connectivity index (χ2v) is 6.85. The van der Waals surface area contributed by atoms with Gasteiger partial charge in [-0.2, -0.15) is 0 Å². The van der Waals surface area contributed by atoms with E-state index in [0.29, 0.717) is 43.0 Å². The fourth-order valence-electron chi connectivity index (χ4n) is 3.29. The highest BCUT2D eigenvalue weighted by Crippen LogP contribution is 2.26. The molecule has 1 aliphatic heterocycles. The molecule has 0 aliphatic carbocycles. The standard InChI is InChI=1S/C21H25N3O4/c1-14-4-7-22-13-19(14)23-20(25)15-5-8-24(9-6-15)21(26)16-10-17(27-2)12-18(11-16)28-3/h4,7,10-13,15H,5-6,8-9H2,1-3H3,(H,23,25). The number of carbonyl (C=O) groups excluding carboxylic acids is 2. The fraction of sp³-hybridized carbons (Fsp3) is 0.381. The molecule has 0 radical (unpaired) electrons. The van der Waals surface area contributed by atoms with Crippen molar-refractivity contribution in [1.82, 2.24) is 9.88 Å². The Morgan fingerprint density at radius 3 is 2.32 bits per heavy atom. The number of aromatic nitrogens is 1. The van der Waals surface area contributed by atoms with Crippen LogP contribution in [0.2, 0.25) is 0 Å². The van der Waals surface area contributed by atoms with Crippen LogP contribution in [0.3, 0.4) is 0 Å². The molecule has 1 aromatic carbocycles. The number of benzene rings is 1. The van der Waals surface area contributed by atoms with Crippen molar-refractivity contribution in [2.24, 2.45) is 5.92 Å². The molecule has 0 saturated carbocycles. The van der Waals surface area contributed by atoms with Gasteiger partial charge in [0, 0.05) is 36.8 Å². The van der Waals surface area contributed by atoms with E-state index in [1.807, 2.05) is 13.0 Å². The molecule has 7 heteroatoms. The molecule has 2 aromatic rings. The summed E-state index contributed by atoms with van der Waals surface area (Å²) in [7, 11) is 3.11. The Kier molecular flexibility index (Phi) is 6.13. The summed E-state index contributed by atoms with van der Waals surface area (Å²) in [5.41, 5.74) is 2.22. The van der Waals surface area contributed by atoms with Crippen LogP contribution in [0.25, 0.3) is 0 Å². The number of carbonyl (C=O) groups is 2. The van der Waals surface area contributed by atoms with Crippen molar-refractivity contribution in [3.8, 4) is 11.5 Å². The number of likely N-dealkylation sites (tertiary alicyclic amines) is 1. The summed E-state index contributed by atoms with van der Waals surface area (Å²) >= 11 is 0. The minimum atomic E-state index is -0.122. The van der Waals surface area contributed by atoms with Crippen LogP contribution < -0.4 is 14.8 Å². The highest BCUT2D eigenvalue weighted by molar-refractivity contribution is 5.96. The first-order valence-corrected chi connectivity index (χ1v) is 9.25. The molecule has 0 spiro atoms. The normalized spacial score (nSPS) is 14.5. The zero-order chi connectivity index (χ0) is 20.1. The third-order valence-electron chi connectivity index (χ3n) is 5.05. The molecule has 1 fully saturated rings. The van der Waals surface area contributed by atoms with Gasteiger partial charge >= 0.3 is 0 Å². The van der Waals surface area contributed by atoms with E-state index in [2.05, 4.69) is 10.3 Å². The monoisotopic (exact) mass is 383 g/mol. The maximum atomic E-state index is 12.9. The van der Waals surface area contributed by atoms with Crippen LogP contribution in [0, 0.1) is 12.8 Å². The van der Waals surface area contributed by atoms with Gasteiger partial charge in [0.25, 0.3) is 5.91 Å². The molecule has 28 heavy (non-hydrogen) atoms. The van der Waals surface area contributed by atoms with Gasteiger partial charge in [0.05, 0.1) is 26.1 Å². The summed E-state index contributed by atoms with van der Waals surface area (Å²) in [5.74, 6) is 0.918. The van der Waals surface area contributed by atoms with Crippen LogP contribution in [0.4, 0.5) is 5.69 Å². The summed E-state index contributed by atoms with van der Waals surface area (Å²) in [6.45, 7) is 2.99. The number of pyridine rings is 1. The lowest BCUT2D eigenvalue weighted by atomic mass is 9.95. The summed E-state index contributed by atoms with van der Waals surface area (Å²) < 4.78 is 10.5. The Hall–Kier alpha value is -3.09. The van der Waals surface area contributed by atoms with Crippen molar-refractivity contribution >= 4 is 17.5 Å². The molecular formula is C21H25N3O4. The van der Waals surface area contributed by atoms with Gasteiger partial charge in [-0.3, -0.25) is 14.6 Å². The van der Waals surface area contributed by atoms with Crippen molar-refractivity contribution in [2.75, 3.05) is 32.6 Å². The van der Waals surface area contributed by atoms with Crippen LogP contribution >= 0.6 is 0 Å². The Balaban J connectivity index is 1.61. The average molecular weight is 383 g/mol. The van der Waals surface area contributed by atoms with Gasteiger partial charge in [0.2, 0.25) is 5.91 Å². The number of amides is 2. The second kappa shape index (κ2) is 8.73. The number of hydrogen-bond donors (Lipinski definition) is 1. The predicted molar refractivity (Wildman–Crippen MR) is 106 cm³/mol. The van der Waals surface area contributed by atoms with Crippen molar-refractivity contribution in [1.29, 1.82) is 0 Å². The quantitative estimate of drug-likeness (QED) is 0.859. The van der Waals surface area contributed by atoms with E-state index in [9.17, 15) is 9.59 Å². The van der Waals surface area contributed by atoms with E-state index in [0.717, 1.165) is 11.3 Å². The highest BCUT2D eigenvalue weighted by atomic mass is 16.5. The Bertz CT molecular complexity index is 838. The zero-order valence-electron chi connectivity index (χ0n) is 16.4. The number of hydrogen-bond acceptors (Lipinski definition) is 5. The topological polar surface area (TPSA) is 80.8 Å². The van der Waals surface area contributed by atoms with E-state index in [1.54, 1.807) is 49.7 Å². The van der Waals surface area contributed by atoms with Gasteiger partial charge in [-0.05, 0) is 43.5 Å². The number of rotatable bonds is 5. The number of nitrogens with one attached hydrogen (secondary N) is 1. The van der Waals surface area contributed by atoms with Crippen molar-refractivity contribution in [2.45, 2.75) is 19.8 Å². The smallest absolute Gasteiger partial charge is 0.254 e. The lowest BCUT2D eigenvalue weighted by molar-refractivity contribution is -0.121. The van der Waals surface area contributed by atoms with Gasteiger partial charge in [0.15, 0.2) is 0 Å². The molecule has 1 aromatic heterocycles. The van der Waals surface area contributed by atoms with Crippen LogP contribution in [0.5, 0.6) is 11.5 Å². The van der Waals surface area contributed by atoms with E-state index < -0.39 is 0 Å². The van der Waals surface area contributed by atoms with Crippen LogP contribution in [-0.2, 0) is 4.79 Å². The van der Waals surface area contributed by atoms with Gasteiger partial charge in [-0.25, -0.2) is 0 Å². The molecule has 0 bridgehead atoms. The van der Waals surface area contributed by atoms with Crippen LogP contribution in [0.1, 0.15) is 28.8 Å². The molecule has 0 unspecified atom stereocenters. The summed E-state index contributed by atoms with van der Waals surface area (Å²) in [4.78, 5) is 31.2. The van der Waals surface area contributed by atoms with E-state index in [4.69, 9.17) is 9.47 Å². The largest absolute Gasteiger partial charge is 0.497 e. The third-order valence-corrected chi connectivity index (χ3v) is 5.05. The van der Waals surface area contributed by atoms with Gasteiger partial charge in [0.1, 0.15) is 11.5 Å². The first-order chi connectivity index (χ1) is 13.5. The number of anilines is 1. The number of aryl methyl sites for hydroxylation is 1. The molecule has 7 nitrogen and oxygen atoms in total. The van der Waals surface area contributed by atoms with Crippen molar-refractivity contribution in [3.63, 3.8) is 0 Å². The maximum Gasteiger partial charge on any atom is 0.254 e. The molecular weight excluding hydrogens is 358 g/mol. The van der Waals surface area contributed by atoms with Gasteiger partial charge < -0.3 is 19.7 Å². The Labute approximate surface area is 164 Å². The van der Waals surface area contributed by atoms with E-state index in [-0.39, 0.29) is 17.7 Å². The van der Waals surface area contributed by atoms with E-state index in [1.165, 1.54) is 0 Å². The maximum absolute atomic E-state index is 12.9. The molecule has 148 valence electrons. The summed E-state index contributed by atoms with van der Waals surface area (Å²) in [6.07, 6.45) is 4.60. The molecule has 2 heterocycles. The number of methoxy groups -OCH3 is 2. The SMILES string of the molecule is COc1cc(OC)cc(C(=O)N2CCC(C(=O)Nc3cnccc3C)CC2)c1. The summed E-state index contributed by atoms with van der Waals surface area (Å²) in [6, 6.07) is 7.00. The fourth-order valence-corrected chi connectivity index (χ4v) is 3.29. The first kappa shape index (κ1) is 19.7.